The Balaban J connectivity index is 2.88. The molecule has 0 saturated carbocycles. The molecule has 0 atom stereocenters. The number of hydrogen-bond acceptors (Lipinski definition) is 3. The molecule has 0 aliphatic heterocycles. The van der Waals surface area contributed by atoms with Gasteiger partial charge in [0.2, 0.25) is 5.92 Å². The van der Waals surface area contributed by atoms with E-state index in [1.54, 1.807) is 0 Å². The Morgan fingerprint density at radius 2 is 2.11 bits per heavy atom. The van der Waals surface area contributed by atoms with Crippen LogP contribution in [0.2, 0.25) is 5.02 Å². The molecule has 0 radical (unpaired) electrons. The van der Waals surface area contributed by atoms with Crippen molar-refractivity contribution in [3.05, 3.63) is 38.9 Å². The zero-order valence-electron chi connectivity index (χ0n) is 10.2. The summed E-state index contributed by atoms with van der Waals surface area (Å²) in [5.41, 5.74) is -0.391. The molecule has 4 nitrogen and oxygen atoms in total. The van der Waals surface area contributed by atoms with E-state index in [1.807, 2.05) is 0 Å². The number of ketones is 1. The summed E-state index contributed by atoms with van der Waals surface area (Å²) in [6.45, 7) is 1.32. The van der Waals surface area contributed by atoms with Gasteiger partial charge in [-0.3, -0.25) is 14.9 Å². The lowest BCUT2D eigenvalue weighted by Crippen LogP contribution is -2.16. The van der Waals surface area contributed by atoms with Crippen molar-refractivity contribution in [2.75, 3.05) is 0 Å². The Morgan fingerprint density at radius 1 is 1.47 bits per heavy atom. The molecule has 1 aromatic carbocycles. The summed E-state index contributed by atoms with van der Waals surface area (Å²) in [7, 11) is 0. The van der Waals surface area contributed by atoms with Crippen molar-refractivity contribution in [3.8, 4) is 0 Å². The minimum atomic E-state index is -2.91. The standard InChI is InChI=1S/C12H12ClF2NO3/c1-2-12(14,15)6-5-11(17)9-7-8(16(18)19)3-4-10(9)13/h3-4,7H,2,5-6H2,1H3. The number of hydrogen-bond donors (Lipinski definition) is 0. The maximum Gasteiger partial charge on any atom is 0.270 e. The van der Waals surface area contributed by atoms with Crippen LogP contribution in [0.15, 0.2) is 18.2 Å². The number of alkyl halides is 2. The predicted octanol–water partition coefficient (Wildman–Crippen LogP) is 4.26. The first kappa shape index (κ1) is 15.5. The maximum atomic E-state index is 13.0. The highest BCUT2D eigenvalue weighted by Crippen LogP contribution is 2.28. The highest BCUT2D eigenvalue weighted by Gasteiger charge is 2.27. The van der Waals surface area contributed by atoms with E-state index in [2.05, 4.69) is 0 Å². The van der Waals surface area contributed by atoms with Gasteiger partial charge < -0.3 is 0 Å². The average molecular weight is 292 g/mol. The topological polar surface area (TPSA) is 60.2 Å². The van der Waals surface area contributed by atoms with Crippen molar-refractivity contribution in [3.63, 3.8) is 0 Å². The normalized spacial score (nSPS) is 11.4. The van der Waals surface area contributed by atoms with Crippen molar-refractivity contribution in [1.82, 2.24) is 0 Å². The second-order valence-electron chi connectivity index (χ2n) is 4.05. The smallest absolute Gasteiger partial charge is 0.270 e. The van der Waals surface area contributed by atoms with Crippen LogP contribution in [-0.4, -0.2) is 16.6 Å². The van der Waals surface area contributed by atoms with E-state index in [4.69, 9.17) is 11.6 Å². The van der Waals surface area contributed by atoms with E-state index >= 15 is 0 Å². The van der Waals surface area contributed by atoms with Crippen LogP contribution in [0, 0.1) is 10.1 Å². The van der Waals surface area contributed by atoms with Crippen LogP contribution in [0.5, 0.6) is 0 Å². The first-order valence-corrected chi connectivity index (χ1v) is 5.99. The first-order valence-electron chi connectivity index (χ1n) is 5.62. The fourth-order valence-electron chi connectivity index (χ4n) is 1.45. The molecule has 0 unspecified atom stereocenters. The number of benzene rings is 1. The Morgan fingerprint density at radius 3 is 2.63 bits per heavy atom. The van der Waals surface area contributed by atoms with Crippen molar-refractivity contribution < 1.29 is 18.5 Å². The Bertz CT molecular complexity index is 506. The van der Waals surface area contributed by atoms with Gasteiger partial charge in [0, 0.05) is 37.0 Å². The summed E-state index contributed by atoms with van der Waals surface area (Å²) in [5.74, 6) is -3.54. The van der Waals surface area contributed by atoms with Crippen molar-refractivity contribution in [2.45, 2.75) is 32.1 Å². The Labute approximate surface area is 113 Å². The van der Waals surface area contributed by atoms with Gasteiger partial charge in [-0.25, -0.2) is 8.78 Å². The number of non-ortho nitro benzene ring substituents is 1. The third kappa shape index (κ3) is 4.24. The molecule has 0 saturated heterocycles. The monoisotopic (exact) mass is 291 g/mol. The summed E-state index contributed by atoms with van der Waals surface area (Å²) in [4.78, 5) is 21.7. The molecule has 0 spiro atoms. The molecule has 19 heavy (non-hydrogen) atoms. The molecule has 104 valence electrons. The molecular formula is C12H12ClF2NO3. The van der Waals surface area contributed by atoms with Crippen LogP contribution in [0.25, 0.3) is 0 Å². The minimum Gasteiger partial charge on any atom is -0.294 e. The number of halogens is 3. The molecule has 0 aliphatic carbocycles. The number of nitro groups is 1. The quantitative estimate of drug-likeness (QED) is 0.447. The lowest BCUT2D eigenvalue weighted by Gasteiger charge is -2.13. The van der Waals surface area contributed by atoms with Gasteiger partial charge in [-0.1, -0.05) is 18.5 Å². The van der Waals surface area contributed by atoms with Gasteiger partial charge in [0.05, 0.1) is 9.95 Å². The zero-order chi connectivity index (χ0) is 14.6. The molecule has 0 heterocycles. The summed E-state index contributed by atoms with van der Waals surface area (Å²) in [6.07, 6.45) is -1.36. The number of nitro benzene ring substituents is 1. The van der Waals surface area contributed by atoms with E-state index in [-0.39, 0.29) is 22.7 Å². The molecule has 0 N–H and O–H groups in total. The summed E-state index contributed by atoms with van der Waals surface area (Å²) >= 11 is 5.75. The average Bonchev–Trinajstić information content (AvgIpc) is 2.36. The second-order valence-corrected chi connectivity index (χ2v) is 4.46. The third-order valence-corrected chi connectivity index (χ3v) is 3.03. The van der Waals surface area contributed by atoms with Gasteiger partial charge in [0.15, 0.2) is 5.78 Å². The summed E-state index contributed by atoms with van der Waals surface area (Å²) < 4.78 is 26.1. The van der Waals surface area contributed by atoms with Crippen molar-refractivity contribution >= 4 is 23.1 Å². The largest absolute Gasteiger partial charge is 0.294 e. The van der Waals surface area contributed by atoms with Crippen LogP contribution < -0.4 is 0 Å². The van der Waals surface area contributed by atoms with Gasteiger partial charge in [-0.15, -0.1) is 0 Å². The van der Waals surface area contributed by atoms with Gasteiger partial charge >= 0.3 is 0 Å². The van der Waals surface area contributed by atoms with Crippen LogP contribution in [0.4, 0.5) is 14.5 Å². The molecule has 0 bridgehead atoms. The first-order chi connectivity index (χ1) is 8.76. The number of carbonyl (C=O) groups excluding carboxylic acids is 1. The van der Waals surface area contributed by atoms with E-state index < -0.39 is 29.5 Å². The molecule has 0 fully saturated rings. The van der Waals surface area contributed by atoms with Crippen LogP contribution in [0.1, 0.15) is 36.5 Å². The van der Waals surface area contributed by atoms with Crippen LogP contribution >= 0.6 is 11.6 Å². The predicted molar refractivity (Wildman–Crippen MR) is 66.9 cm³/mol. The highest BCUT2D eigenvalue weighted by molar-refractivity contribution is 6.34. The number of rotatable bonds is 6. The SMILES string of the molecule is CCC(F)(F)CCC(=O)c1cc([N+](=O)[O-])ccc1Cl. The van der Waals surface area contributed by atoms with Gasteiger partial charge in [0.1, 0.15) is 0 Å². The van der Waals surface area contributed by atoms with Gasteiger partial charge in [0.25, 0.3) is 5.69 Å². The number of nitrogens with zero attached hydrogens (tertiary/aromatic N) is 1. The highest BCUT2D eigenvalue weighted by atomic mass is 35.5. The van der Waals surface area contributed by atoms with Gasteiger partial charge in [-0.2, -0.15) is 0 Å². The van der Waals surface area contributed by atoms with Crippen molar-refractivity contribution in [2.24, 2.45) is 0 Å². The second kappa shape index (κ2) is 6.06. The molecule has 7 heteroatoms. The Hall–Kier alpha value is -1.56. The number of carbonyl (C=O) groups is 1. The molecule has 1 rings (SSSR count). The fourth-order valence-corrected chi connectivity index (χ4v) is 1.67. The van der Waals surface area contributed by atoms with Crippen LogP contribution in [-0.2, 0) is 0 Å². The fraction of sp³-hybridized carbons (Fsp3) is 0.417. The summed E-state index contributed by atoms with van der Waals surface area (Å²) in [5, 5.41) is 10.6. The lowest BCUT2D eigenvalue weighted by molar-refractivity contribution is -0.384. The van der Waals surface area contributed by atoms with Crippen molar-refractivity contribution in [1.29, 1.82) is 0 Å². The molecule has 1 aromatic rings. The molecule has 0 aliphatic rings. The van der Waals surface area contributed by atoms with E-state index in [0.29, 0.717) is 0 Å². The van der Waals surface area contributed by atoms with E-state index in [9.17, 15) is 23.7 Å². The minimum absolute atomic E-state index is 0.0235. The molecular weight excluding hydrogens is 280 g/mol. The molecule has 0 aromatic heterocycles. The van der Waals surface area contributed by atoms with E-state index in [0.717, 1.165) is 12.1 Å². The van der Waals surface area contributed by atoms with Crippen LogP contribution in [0.3, 0.4) is 0 Å². The zero-order valence-corrected chi connectivity index (χ0v) is 10.9. The molecule has 0 amide bonds. The number of Topliss-reactive ketones (excluding diaryl/α,β-unsaturated/α-hetero) is 1. The van der Waals surface area contributed by atoms with E-state index in [1.165, 1.54) is 13.0 Å². The lowest BCUT2D eigenvalue weighted by atomic mass is 10.0. The maximum absolute atomic E-state index is 13.0. The summed E-state index contributed by atoms with van der Waals surface area (Å²) in [6, 6.07) is 3.37. The third-order valence-electron chi connectivity index (χ3n) is 2.70. The Kier molecular flexibility index (Phi) is 4.94. The van der Waals surface area contributed by atoms with Gasteiger partial charge in [-0.05, 0) is 6.07 Å².